The topological polar surface area (TPSA) is 83.5 Å². The number of aliphatic hydroxyl groups excluding tert-OH is 1. The minimum atomic E-state index is -4.81. The molecule has 138 valence electrons. The number of sulfone groups is 1. The number of amides is 1. The van der Waals surface area contributed by atoms with Crippen LogP contribution in [0.4, 0.5) is 13.2 Å². The molecule has 0 unspecified atom stereocenters. The Morgan fingerprint density at radius 3 is 2.36 bits per heavy atom. The second kappa shape index (κ2) is 7.57. The fourth-order valence-electron chi connectivity index (χ4n) is 2.57. The van der Waals surface area contributed by atoms with Crippen molar-refractivity contribution < 1.29 is 31.5 Å². The van der Waals surface area contributed by atoms with Gasteiger partial charge in [-0.1, -0.05) is 24.3 Å². The van der Waals surface area contributed by atoms with Crippen molar-refractivity contribution in [3.05, 3.63) is 42.0 Å². The summed E-state index contributed by atoms with van der Waals surface area (Å²) in [6.45, 7) is 0.0106. The molecule has 5 nitrogen and oxygen atoms in total. The highest BCUT2D eigenvalue weighted by Gasteiger charge is 2.35. The summed E-state index contributed by atoms with van der Waals surface area (Å²) in [4.78, 5) is 11.5. The van der Waals surface area contributed by atoms with E-state index < -0.39 is 26.7 Å². The van der Waals surface area contributed by atoms with E-state index in [1.165, 1.54) is 12.1 Å². The fourth-order valence-corrected chi connectivity index (χ4v) is 3.72. The van der Waals surface area contributed by atoms with Crippen LogP contribution in [0.15, 0.2) is 41.3 Å². The number of nitrogens with one attached hydrogen (secondary N) is 1. The van der Waals surface area contributed by atoms with Crippen molar-refractivity contribution in [2.75, 3.05) is 12.4 Å². The van der Waals surface area contributed by atoms with Gasteiger partial charge in [-0.15, -0.1) is 0 Å². The lowest BCUT2D eigenvalue weighted by atomic mass is 10.1. The molecule has 0 bridgehead atoms. The SMILES string of the molecule is O=C(Cc1ccc(S(=O)(=O)CC(F)(F)F)cc1)N[C@@H]1C=C[C@H](CO)C1. The number of carbonyl (C=O) groups is 1. The highest BCUT2D eigenvalue weighted by atomic mass is 32.2. The van der Waals surface area contributed by atoms with Crippen LogP contribution in [-0.4, -0.2) is 44.0 Å². The molecule has 0 heterocycles. The molecule has 1 aromatic rings. The average molecular weight is 377 g/mol. The van der Waals surface area contributed by atoms with Crippen LogP contribution in [0.3, 0.4) is 0 Å². The Bertz CT molecular complexity index is 742. The molecule has 9 heteroatoms. The highest BCUT2D eigenvalue weighted by Crippen LogP contribution is 2.23. The first-order valence-electron chi connectivity index (χ1n) is 7.56. The van der Waals surface area contributed by atoms with Gasteiger partial charge in [0.15, 0.2) is 15.6 Å². The Labute approximate surface area is 143 Å². The van der Waals surface area contributed by atoms with Gasteiger partial charge in [0.1, 0.15) is 0 Å². The van der Waals surface area contributed by atoms with E-state index in [2.05, 4.69) is 5.32 Å². The molecule has 2 rings (SSSR count). The van der Waals surface area contributed by atoms with Crippen LogP contribution >= 0.6 is 0 Å². The van der Waals surface area contributed by atoms with E-state index in [1.54, 1.807) is 6.08 Å². The van der Waals surface area contributed by atoms with Gasteiger partial charge in [-0.3, -0.25) is 4.79 Å². The number of benzene rings is 1. The summed E-state index contributed by atoms with van der Waals surface area (Å²) in [5.41, 5.74) is 0.490. The Balaban J connectivity index is 1.94. The summed E-state index contributed by atoms with van der Waals surface area (Å²) >= 11 is 0. The number of alkyl halides is 3. The minimum absolute atomic E-state index is 0.0106. The Morgan fingerprint density at radius 1 is 1.20 bits per heavy atom. The summed E-state index contributed by atoms with van der Waals surface area (Å²) in [6.07, 6.45) is -0.597. The van der Waals surface area contributed by atoms with E-state index in [1.807, 2.05) is 6.08 Å². The average Bonchev–Trinajstić information content (AvgIpc) is 2.92. The van der Waals surface area contributed by atoms with Crippen molar-refractivity contribution in [3.8, 4) is 0 Å². The monoisotopic (exact) mass is 377 g/mol. The summed E-state index contributed by atoms with van der Waals surface area (Å²) in [6, 6.07) is 4.62. The molecule has 1 aromatic carbocycles. The van der Waals surface area contributed by atoms with Crippen molar-refractivity contribution >= 4 is 15.7 Å². The quantitative estimate of drug-likeness (QED) is 0.738. The first-order valence-corrected chi connectivity index (χ1v) is 9.21. The molecular weight excluding hydrogens is 359 g/mol. The Hall–Kier alpha value is -1.87. The van der Waals surface area contributed by atoms with Crippen molar-refractivity contribution in [1.29, 1.82) is 0 Å². The minimum Gasteiger partial charge on any atom is -0.396 e. The van der Waals surface area contributed by atoms with E-state index in [9.17, 15) is 26.4 Å². The zero-order valence-electron chi connectivity index (χ0n) is 13.2. The zero-order chi connectivity index (χ0) is 18.7. The molecule has 1 aliphatic carbocycles. The normalized spacial score (nSPS) is 20.6. The molecule has 25 heavy (non-hydrogen) atoms. The Kier molecular flexibility index (Phi) is 5.89. The van der Waals surface area contributed by atoms with E-state index in [-0.39, 0.29) is 30.9 Å². The number of hydrogen-bond acceptors (Lipinski definition) is 4. The first-order chi connectivity index (χ1) is 11.6. The summed E-state index contributed by atoms with van der Waals surface area (Å²) in [5.74, 6) is -2.19. The van der Waals surface area contributed by atoms with Crippen LogP contribution < -0.4 is 5.32 Å². The molecule has 1 aliphatic rings. The van der Waals surface area contributed by atoms with E-state index >= 15 is 0 Å². The molecular formula is C16H18F3NO4S. The number of aliphatic hydroxyl groups is 1. The lowest BCUT2D eigenvalue weighted by molar-refractivity contribution is -0.120. The molecule has 0 saturated heterocycles. The smallest absolute Gasteiger partial charge is 0.396 e. The van der Waals surface area contributed by atoms with Crippen LogP contribution in [0.1, 0.15) is 12.0 Å². The van der Waals surface area contributed by atoms with Gasteiger partial charge in [-0.2, -0.15) is 13.2 Å². The van der Waals surface area contributed by atoms with E-state index in [0.717, 1.165) is 12.1 Å². The van der Waals surface area contributed by atoms with Gasteiger partial charge in [0.25, 0.3) is 0 Å². The fraction of sp³-hybridized carbons (Fsp3) is 0.438. The van der Waals surface area contributed by atoms with Gasteiger partial charge in [0.2, 0.25) is 5.91 Å². The maximum Gasteiger partial charge on any atom is 0.403 e. The van der Waals surface area contributed by atoms with Crippen molar-refractivity contribution in [2.45, 2.75) is 30.0 Å². The van der Waals surface area contributed by atoms with Crippen LogP contribution in [0.25, 0.3) is 0 Å². The van der Waals surface area contributed by atoms with Gasteiger partial charge in [0.05, 0.1) is 11.3 Å². The number of halogens is 3. The van der Waals surface area contributed by atoms with Crippen molar-refractivity contribution in [2.24, 2.45) is 5.92 Å². The third-order valence-electron chi connectivity index (χ3n) is 3.75. The van der Waals surface area contributed by atoms with Crippen LogP contribution in [0.2, 0.25) is 0 Å². The van der Waals surface area contributed by atoms with E-state index in [4.69, 9.17) is 5.11 Å². The second-order valence-electron chi connectivity index (χ2n) is 5.93. The molecule has 2 N–H and O–H groups in total. The lowest BCUT2D eigenvalue weighted by Gasteiger charge is -2.13. The summed E-state index contributed by atoms with van der Waals surface area (Å²) < 4.78 is 60.1. The first kappa shape index (κ1) is 19.5. The molecule has 0 aromatic heterocycles. The molecule has 0 aliphatic heterocycles. The highest BCUT2D eigenvalue weighted by molar-refractivity contribution is 7.91. The van der Waals surface area contributed by atoms with Crippen molar-refractivity contribution in [1.82, 2.24) is 5.32 Å². The van der Waals surface area contributed by atoms with Gasteiger partial charge < -0.3 is 10.4 Å². The molecule has 2 atom stereocenters. The molecule has 0 saturated carbocycles. The lowest BCUT2D eigenvalue weighted by Crippen LogP contribution is -2.34. The standard InChI is InChI=1S/C16H18F3NO4S/c17-16(18,19)10-25(23,24)14-5-2-11(3-6-14)8-15(22)20-13-4-1-12(7-13)9-21/h1-6,12-13,21H,7-10H2,(H,20,22)/t12-,13+/m0/s1. The predicted octanol–water partition coefficient (Wildman–Crippen LogP) is 1.62. The third kappa shape index (κ3) is 5.86. The van der Waals surface area contributed by atoms with E-state index in [0.29, 0.717) is 12.0 Å². The molecule has 0 radical (unpaired) electrons. The van der Waals surface area contributed by atoms with Gasteiger partial charge in [-0.25, -0.2) is 8.42 Å². The maximum absolute atomic E-state index is 12.3. The third-order valence-corrected chi connectivity index (χ3v) is 5.45. The number of rotatable bonds is 6. The number of carbonyl (C=O) groups excluding carboxylic acids is 1. The van der Waals surface area contributed by atoms with Crippen LogP contribution in [0, 0.1) is 5.92 Å². The zero-order valence-corrected chi connectivity index (χ0v) is 14.0. The molecule has 0 fully saturated rings. The summed E-state index contributed by atoms with van der Waals surface area (Å²) in [7, 11) is -4.45. The largest absolute Gasteiger partial charge is 0.403 e. The van der Waals surface area contributed by atoms with Gasteiger partial charge in [-0.05, 0) is 24.1 Å². The summed E-state index contributed by atoms with van der Waals surface area (Å²) in [5, 5.41) is 11.8. The molecule has 0 spiro atoms. The molecule has 1 amide bonds. The van der Waals surface area contributed by atoms with Gasteiger partial charge >= 0.3 is 6.18 Å². The van der Waals surface area contributed by atoms with Gasteiger partial charge in [0, 0.05) is 18.6 Å². The second-order valence-corrected chi connectivity index (χ2v) is 7.92. The van der Waals surface area contributed by atoms with Crippen molar-refractivity contribution in [3.63, 3.8) is 0 Å². The van der Waals surface area contributed by atoms with Crippen LogP contribution in [-0.2, 0) is 21.1 Å². The Morgan fingerprint density at radius 2 is 1.84 bits per heavy atom. The predicted molar refractivity (Wildman–Crippen MR) is 84.5 cm³/mol. The maximum atomic E-state index is 12.3. The number of hydrogen-bond donors (Lipinski definition) is 2. The van der Waals surface area contributed by atoms with Crippen LogP contribution in [0.5, 0.6) is 0 Å².